The number of likely N-dealkylation sites (N-methyl/N-ethyl adjacent to an activating group) is 1. The van der Waals surface area contributed by atoms with E-state index in [9.17, 15) is 4.79 Å². The zero-order valence-corrected chi connectivity index (χ0v) is 9.33. The van der Waals surface area contributed by atoms with Crippen LogP contribution in [0, 0.1) is 0 Å². The van der Waals surface area contributed by atoms with Crippen LogP contribution in [-0.4, -0.2) is 53.6 Å². The number of hydrogen-bond acceptors (Lipinski definition) is 5. The van der Waals surface area contributed by atoms with Gasteiger partial charge in [0.2, 0.25) is 0 Å². The Hall–Kier alpha value is -1.14. The van der Waals surface area contributed by atoms with Crippen LogP contribution >= 0.6 is 11.5 Å². The molecule has 1 aliphatic heterocycles. The summed E-state index contributed by atoms with van der Waals surface area (Å²) in [6, 6.07) is 1.65. The van der Waals surface area contributed by atoms with Gasteiger partial charge in [-0.15, -0.1) is 0 Å². The molecule has 5 nitrogen and oxygen atoms in total. The minimum Gasteiger partial charge on any atom is -0.476 e. The van der Waals surface area contributed by atoms with E-state index < -0.39 is 5.97 Å². The van der Waals surface area contributed by atoms with Crippen molar-refractivity contribution in [3.63, 3.8) is 0 Å². The normalized spacial score (nSPS) is 18.1. The topological polar surface area (TPSA) is 56.7 Å². The van der Waals surface area contributed by atoms with E-state index in [0.717, 1.165) is 31.2 Å². The van der Waals surface area contributed by atoms with Crippen LogP contribution in [0.1, 0.15) is 10.5 Å². The van der Waals surface area contributed by atoms with E-state index in [2.05, 4.69) is 21.2 Å². The molecule has 2 heterocycles. The highest BCUT2D eigenvalue weighted by atomic mass is 32.1. The van der Waals surface area contributed by atoms with Gasteiger partial charge in [-0.05, 0) is 18.6 Å². The third kappa shape index (κ3) is 2.27. The minimum absolute atomic E-state index is 0.147. The van der Waals surface area contributed by atoms with Gasteiger partial charge < -0.3 is 14.9 Å². The molecule has 1 saturated heterocycles. The van der Waals surface area contributed by atoms with Crippen molar-refractivity contribution in [1.29, 1.82) is 0 Å². The third-order valence-electron chi connectivity index (χ3n) is 2.53. The summed E-state index contributed by atoms with van der Waals surface area (Å²) >= 11 is 1.26. The van der Waals surface area contributed by atoms with Crippen molar-refractivity contribution in [2.24, 2.45) is 0 Å². The zero-order valence-electron chi connectivity index (χ0n) is 8.51. The lowest BCUT2D eigenvalue weighted by molar-refractivity contribution is 0.0692. The van der Waals surface area contributed by atoms with Crippen LogP contribution in [0.4, 0.5) is 5.00 Å². The summed E-state index contributed by atoms with van der Waals surface area (Å²) in [5.41, 5.74) is 0.147. The Bertz CT molecular complexity index is 358. The van der Waals surface area contributed by atoms with Gasteiger partial charge in [-0.3, -0.25) is 0 Å². The molecule has 1 aromatic rings. The summed E-state index contributed by atoms with van der Waals surface area (Å²) in [5, 5.41) is 9.71. The highest BCUT2D eigenvalue weighted by Gasteiger charge is 2.18. The van der Waals surface area contributed by atoms with E-state index in [1.807, 2.05) is 0 Å². The molecule has 1 aliphatic rings. The first-order valence-corrected chi connectivity index (χ1v) is 5.57. The van der Waals surface area contributed by atoms with E-state index in [-0.39, 0.29) is 5.69 Å². The highest BCUT2D eigenvalue weighted by Crippen LogP contribution is 2.22. The maximum atomic E-state index is 10.7. The monoisotopic (exact) mass is 227 g/mol. The smallest absolute Gasteiger partial charge is 0.355 e. The molecular weight excluding hydrogens is 214 g/mol. The fourth-order valence-electron chi connectivity index (χ4n) is 1.54. The Kier molecular flexibility index (Phi) is 2.88. The number of rotatable bonds is 2. The standard InChI is InChI=1S/C9H13N3O2S/c1-11-2-4-12(5-3-11)8-6-7(9(13)14)10-15-8/h6H,2-5H2,1H3,(H,13,14). The first-order chi connectivity index (χ1) is 7.16. The fraction of sp³-hybridized carbons (Fsp3) is 0.556. The molecule has 0 aliphatic carbocycles. The second-order valence-corrected chi connectivity index (χ2v) is 4.43. The molecule has 82 valence electrons. The third-order valence-corrected chi connectivity index (χ3v) is 3.38. The van der Waals surface area contributed by atoms with Crippen LogP contribution in [0.5, 0.6) is 0 Å². The average Bonchev–Trinajstić information content (AvgIpc) is 2.68. The molecule has 2 rings (SSSR count). The summed E-state index contributed by atoms with van der Waals surface area (Å²) < 4.78 is 3.90. The first kappa shape index (κ1) is 10.4. The van der Waals surface area contributed by atoms with Gasteiger partial charge in [-0.25, -0.2) is 4.79 Å². The lowest BCUT2D eigenvalue weighted by Gasteiger charge is -2.32. The summed E-state index contributed by atoms with van der Waals surface area (Å²) in [7, 11) is 2.09. The number of piperazine rings is 1. The molecule has 6 heteroatoms. The average molecular weight is 227 g/mol. The van der Waals surface area contributed by atoms with Gasteiger partial charge in [0, 0.05) is 32.2 Å². The molecule has 0 aromatic carbocycles. The number of carboxylic acids is 1. The molecular formula is C9H13N3O2S. The predicted octanol–water partition coefficient (Wildman–Crippen LogP) is 0.593. The van der Waals surface area contributed by atoms with Crippen LogP contribution < -0.4 is 4.90 Å². The van der Waals surface area contributed by atoms with Crippen molar-refractivity contribution in [3.05, 3.63) is 11.8 Å². The Morgan fingerprint density at radius 3 is 2.67 bits per heavy atom. The van der Waals surface area contributed by atoms with E-state index in [0.29, 0.717) is 0 Å². The number of carboxylic acid groups (broad SMARTS) is 1. The number of hydrogen-bond donors (Lipinski definition) is 1. The molecule has 0 amide bonds. The summed E-state index contributed by atoms with van der Waals surface area (Å²) in [6.07, 6.45) is 0. The number of anilines is 1. The SMILES string of the molecule is CN1CCN(c2cc(C(=O)O)ns2)CC1. The van der Waals surface area contributed by atoms with Crippen LogP contribution in [0.3, 0.4) is 0 Å². The molecule has 0 saturated carbocycles. The molecule has 0 bridgehead atoms. The second-order valence-electron chi connectivity index (χ2n) is 3.65. The molecule has 0 spiro atoms. The molecule has 0 radical (unpaired) electrons. The first-order valence-electron chi connectivity index (χ1n) is 4.80. The van der Waals surface area contributed by atoms with Gasteiger partial charge in [0.15, 0.2) is 5.69 Å². The maximum absolute atomic E-state index is 10.7. The van der Waals surface area contributed by atoms with Crippen molar-refractivity contribution in [2.45, 2.75) is 0 Å². The van der Waals surface area contributed by atoms with Crippen LogP contribution in [-0.2, 0) is 0 Å². The summed E-state index contributed by atoms with van der Waals surface area (Å²) in [6.45, 7) is 3.91. The quantitative estimate of drug-likeness (QED) is 0.801. The van der Waals surface area contributed by atoms with Crippen molar-refractivity contribution >= 4 is 22.5 Å². The molecule has 0 unspecified atom stereocenters. The van der Waals surface area contributed by atoms with Crippen molar-refractivity contribution < 1.29 is 9.90 Å². The Labute approximate surface area is 92.1 Å². The Morgan fingerprint density at radius 1 is 1.47 bits per heavy atom. The van der Waals surface area contributed by atoms with Crippen LogP contribution in [0.15, 0.2) is 6.07 Å². The van der Waals surface area contributed by atoms with Gasteiger partial charge in [0.25, 0.3) is 0 Å². The summed E-state index contributed by atoms with van der Waals surface area (Å²) in [4.78, 5) is 15.1. The Morgan fingerprint density at radius 2 is 2.13 bits per heavy atom. The largest absolute Gasteiger partial charge is 0.476 e. The molecule has 1 aromatic heterocycles. The van der Waals surface area contributed by atoms with Gasteiger partial charge in [-0.2, -0.15) is 4.37 Å². The predicted molar refractivity (Wildman–Crippen MR) is 58.8 cm³/mol. The highest BCUT2D eigenvalue weighted by molar-refractivity contribution is 7.10. The van der Waals surface area contributed by atoms with Crippen molar-refractivity contribution in [2.75, 3.05) is 38.1 Å². The molecule has 0 atom stereocenters. The van der Waals surface area contributed by atoms with Gasteiger partial charge in [0.05, 0.1) is 0 Å². The fourth-order valence-corrected chi connectivity index (χ4v) is 2.33. The van der Waals surface area contributed by atoms with Crippen molar-refractivity contribution in [3.8, 4) is 0 Å². The van der Waals surface area contributed by atoms with E-state index in [1.54, 1.807) is 6.07 Å². The Balaban J connectivity index is 2.06. The summed E-state index contributed by atoms with van der Waals surface area (Å²) in [5.74, 6) is -0.952. The molecule has 1 fully saturated rings. The molecule has 1 N–H and O–H groups in total. The lowest BCUT2D eigenvalue weighted by atomic mass is 10.3. The van der Waals surface area contributed by atoms with Crippen LogP contribution in [0.2, 0.25) is 0 Å². The lowest BCUT2D eigenvalue weighted by Crippen LogP contribution is -2.44. The van der Waals surface area contributed by atoms with E-state index >= 15 is 0 Å². The maximum Gasteiger partial charge on any atom is 0.355 e. The molecule has 15 heavy (non-hydrogen) atoms. The van der Waals surface area contributed by atoms with Gasteiger partial charge in [0.1, 0.15) is 5.00 Å². The van der Waals surface area contributed by atoms with E-state index in [1.165, 1.54) is 11.5 Å². The number of aromatic nitrogens is 1. The number of nitrogens with zero attached hydrogens (tertiary/aromatic N) is 3. The van der Waals surface area contributed by atoms with Crippen molar-refractivity contribution in [1.82, 2.24) is 9.27 Å². The van der Waals surface area contributed by atoms with Crippen LogP contribution in [0.25, 0.3) is 0 Å². The number of aromatic carboxylic acids is 1. The van der Waals surface area contributed by atoms with E-state index in [4.69, 9.17) is 5.11 Å². The second kappa shape index (κ2) is 4.16. The number of carbonyl (C=O) groups is 1. The van der Waals surface area contributed by atoms with Gasteiger partial charge >= 0.3 is 5.97 Å². The minimum atomic E-state index is -0.952. The zero-order chi connectivity index (χ0) is 10.8. The van der Waals surface area contributed by atoms with Gasteiger partial charge in [-0.1, -0.05) is 0 Å².